The zero-order valence-electron chi connectivity index (χ0n) is 13.9. The maximum atomic E-state index is 12.7. The third kappa shape index (κ3) is 2.16. The lowest BCUT2D eigenvalue weighted by Crippen LogP contribution is -2.51. The molecule has 0 spiro atoms. The van der Waals surface area contributed by atoms with Crippen LogP contribution in [0.15, 0.2) is 54.6 Å². The van der Waals surface area contributed by atoms with Crippen LogP contribution in [0.3, 0.4) is 0 Å². The fourth-order valence-corrected chi connectivity index (χ4v) is 3.77. The van der Waals surface area contributed by atoms with Gasteiger partial charge in [-0.25, -0.2) is 4.98 Å². The van der Waals surface area contributed by atoms with Crippen LogP contribution in [-0.2, 0) is 0 Å². The topological polar surface area (TPSA) is 53.9 Å². The van der Waals surface area contributed by atoms with Gasteiger partial charge in [0.15, 0.2) is 0 Å². The Kier molecular flexibility index (Phi) is 2.98. The predicted molar refractivity (Wildman–Crippen MR) is 97.7 cm³/mol. The molecule has 2 aromatic carbocycles. The van der Waals surface area contributed by atoms with E-state index in [2.05, 4.69) is 20.6 Å². The van der Waals surface area contributed by atoms with Gasteiger partial charge in [0.05, 0.1) is 17.1 Å². The highest BCUT2D eigenvalue weighted by Crippen LogP contribution is 2.29. The summed E-state index contributed by atoms with van der Waals surface area (Å²) in [5.74, 6) is 1.07. The van der Waals surface area contributed by atoms with E-state index >= 15 is 0 Å². The molecular formula is C20H18N4O. The molecule has 5 nitrogen and oxygen atoms in total. The van der Waals surface area contributed by atoms with Crippen LogP contribution in [0.25, 0.3) is 21.9 Å². The Bertz CT molecular complexity index is 1070. The minimum atomic E-state index is 0.0644. The van der Waals surface area contributed by atoms with Crippen LogP contribution in [0, 0.1) is 6.92 Å². The second-order valence-corrected chi connectivity index (χ2v) is 6.65. The Morgan fingerprint density at radius 1 is 1.12 bits per heavy atom. The molecule has 1 N–H and O–H groups in total. The largest absolute Gasteiger partial charge is 0.351 e. The maximum absolute atomic E-state index is 12.7. The lowest BCUT2D eigenvalue weighted by atomic mass is 10.1. The summed E-state index contributed by atoms with van der Waals surface area (Å²) in [4.78, 5) is 22.5. The van der Waals surface area contributed by atoms with Crippen molar-refractivity contribution in [3.63, 3.8) is 0 Å². The number of aryl methyl sites for hydroxylation is 1. The molecule has 0 radical (unpaired) electrons. The van der Waals surface area contributed by atoms with E-state index in [1.807, 2.05) is 60.4 Å². The summed E-state index contributed by atoms with van der Waals surface area (Å²) in [5.41, 5.74) is 3.81. The quantitative estimate of drug-likeness (QED) is 0.611. The van der Waals surface area contributed by atoms with Gasteiger partial charge in [-0.3, -0.25) is 4.79 Å². The number of hydrogen-bond donors (Lipinski definition) is 1. The van der Waals surface area contributed by atoms with Crippen LogP contribution in [0.5, 0.6) is 0 Å². The monoisotopic (exact) mass is 330 g/mol. The number of hydrogen-bond acceptors (Lipinski definition) is 2. The highest BCUT2D eigenvalue weighted by Gasteiger charge is 2.34. The number of amides is 1. The summed E-state index contributed by atoms with van der Waals surface area (Å²) in [5, 5.41) is 1.07. The van der Waals surface area contributed by atoms with Crippen molar-refractivity contribution >= 4 is 27.8 Å². The van der Waals surface area contributed by atoms with Crippen molar-refractivity contribution in [3.05, 3.63) is 66.1 Å². The zero-order chi connectivity index (χ0) is 17.0. The van der Waals surface area contributed by atoms with E-state index in [1.165, 1.54) is 0 Å². The van der Waals surface area contributed by atoms with Crippen LogP contribution in [-0.4, -0.2) is 38.4 Å². The van der Waals surface area contributed by atoms with Crippen LogP contribution in [0.2, 0.25) is 0 Å². The molecule has 1 aliphatic rings. The molecule has 4 aromatic rings. The normalized spacial score (nSPS) is 15.0. The lowest BCUT2D eigenvalue weighted by molar-refractivity contribution is 0.0518. The molecule has 1 aliphatic heterocycles. The molecular weight excluding hydrogens is 312 g/mol. The number of fused-ring (bicyclic) bond motifs is 2. The Hall–Kier alpha value is -3.08. The molecule has 1 fully saturated rings. The van der Waals surface area contributed by atoms with Crippen molar-refractivity contribution in [2.45, 2.75) is 13.0 Å². The van der Waals surface area contributed by atoms with Gasteiger partial charge in [-0.2, -0.15) is 0 Å². The first-order valence-electron chi connectivity index (χ1n) is 8.51. The van der Waals surface area contributed by atoms with Crippen molar-refractivity contribution in [3.8, 4) is 0 Å². The number of para-hydroxylation sites is 3. The highest BCUT2D eigenvalue weighted by molar-refractivity contribution is 5.98. The molecule has 0 bridgehead atoms. The van der Waals surface area contributed by atoms with Gasteiger partial charge < -0.3 is 14.5 Å². The number of aromatic nitrogens is 3. The Morgan fingerprint density at radius 2 is 1.88 bits per heavy atom. The lowest BCUT2D eigenvalue weighted by Gasteiger charge is -2.40. The third-order valence-corrected chi connectivity index (χ3v) is 5.05. The second-order valence-electron chi connectivity index (χ2n) is 6.65. The first-order valence-corrected chi connectivity index (χ1v) is 8.51. The van der Waals surface area contributed by atoms with Gasteiger partial charge in [-0.15, -0.1) is 0 Å². The Balaban J connectivity index is 1.39. The van der Waals surface area contributed by atoms with Crippen molar-refractivity contribution in [2.75, 3.05) is 13.1 Å². The fourth-order valence-electron chi connectivity index (χ4n) is 3.77. The molecule has 5 heteroatoms. The summed E-state index contributed by atoms with van der Waals surface area (Å²) in [6.07, 6.45) is 0. The van der Waals surface area contributed by atoms with Gasteiger partial charge in [0.2, 0.25) is 0 Å². The van der Waals surface area contributed by atoms with Gasteiger partial charge in [0.1, 0.15) is 11.5 Å². The molecule has 1 amide bonds. The molecule has 0 atom stereocenters. The molecule has 0 aliphatic carbocycles. The summed E-state index contributed by atoms with van der Waals surface area (Å²) in [6, 6.07) is 18.4. The van der Waals surface area contributed by atoms with E-state index in [-0.39, 0.29) is 5.91 Å². The summed E-state index contributed by atoms with van der Waals surface area (Å²) in [7, 11) is 0. The van der Waals surface area contributed by atoms with Crippen LogP contribution < -0.4 is 0 Å². The van der Waals surface area contributed by atoms with Crippen molar-refractivity contribution in [1.82, 2.24) is 19.4 Å². The first-order chi connectivity index (χ1) is 12.2. The summed E-state index contributed by atoms with van der Waals surface area (Å²) < 4.78 is 2.25. The van der Waals surface area contributed by atoms with Gasteiger partial charge in [0, 0.05) is 24.0 Å². The average molecular weight is 330 g/mol. The minimum absolute atomic E-state index is 0.0644. The van der Waals surface area contributed by atoms with E-state index in [1.54, 1.807) is 0 Å². The number of H-pyrrole nitrogens is 1. The predicted octanol–water partition coefficient (Wildman–Crippen LogP) is 3.52. The van der Waals surface area contributed by atoms with E-state index in [0.717, 1.165) is 40.9 Å². The number of rotatable bonds is 2. The SMILES string of the molecule is Cc1nc2ccccc2n1C1CN(C(=O)c2cc3ccccc3[nH]2)C1. The molecule has 0 saturated carbocycles. The van der Waals surface area contributed by atoms with E-state index in [4.69, 9.17) is 0 Å². The van der Waals surface area contributed by atoms with Crippen LogP contribution in [0.1, 0.15) is 22.4 Å². The fraction of sp³-hybridized carbons (Fsp3) is 0.200. The van der Waals surface area contributed by atoms with Crippen LogP contribution in [0.4, 0.5) is 0 Å². The molecule has 5 rings (SSSR count). The summed E-state index contributed by atoms with van der Waals surface area (Å²) in [6.45, 7) is 3.47. The number of likely N-dealkylation sites (tertiary alicyclic amines) is 1. The molecule has 3 heterocycles. The van der Waals surface area contributed by atoms with Gasteiger partial charge in [-0.1, -0.05) is 30.3 Å². The average Bonchev–Trinajstić information content (AvgIpc) is 3.15. The van der Waals surface area contributed by atoms with Crippen molar-refractivity contribution in [1.29, 1.82) is 0 Å². The van der Waals surface area contributed by atoms with Crippen LogP contribution >= 0.6 is 0 Å². The second kappa shape index (κ2) is 5.21. The Morgan fingerprint density at radius 3 is 2.72 bits per heavy atom. The number of benzene rings is 2. The summed E-state index contributed by atoms with van der Waals surface area (Å²) >= 11 is 0. The van der Waals surface area contributed by atoms with E-state index in [9.17, 15) is 4.79 Å². The molecule has 2 aromatic heterocycles. The third-order valence-electron chi connectivity index (χ3n) is 5.05. The van der Waals surface area contributed by atoms with Crippen molar-refractivity contribution in [2.24, 2.45) is 0 Å². The van der Waals surface area contributed by atoms with Gasteiger partial charge in [0.25, 0.3) is 5.91 Å². The van der Waals surface area contributed by atoms with E-state index in [0.29, 0.717) is 11.7 Å². The number of nitrogens with zero attached hydrogens (tertiary/aromatic N) is 3. The highest BCUT2D eigenvalue weighted by atomic mass is 16.2. The zero-order valence-corrected chi connectivity index (χ0v) is 13.9. The standard InChI is InChI=1S/C20H18N4O/c1-13-21-17-8-4-5-9-19(17)24(13)15-11-23(12-15)20(25)18-10-14-6-2-3-7-16(14)22-18/h2-10,15,22H,11-12H2,1H3. The number of carbonyl (C=O) groups is 1. The molecule has 25 heavy (non-hydrogen) atoms. The molecule has 0 unspecified atom stereocenters. The number of imidazole rings is 1. The minimum Gasteiger partial charge on any atom is -0.351 e. The smallest absolute Gasteiger partial charge is 0.270 e. The number of aromatic amines is 1. The number of nitrogens with one attached hydrogen (secondary N) is 1. The van der Waals surface area contributed by atoms with Crippen molar-refractivity contribution < 1.29 is 4.79 Å². The Labute approximate surface area is 144 Å². The molecule has 1 saturated heterocycles. The molecule has 124 valence electrons. The number of carbonyl (C=O) groups excluding carboxylic acids is 1. The van der Waals surface area contributed by atoms with E-state index < -0.39 is 0 Å². The first kappa shape index (κ1) is 14.3. The van der Waals surface area contributed by atoms with Gasteiger partial charge >= 0.3 is 0 Å². The van der Waals surface area contributed by atoms with Gasteiger partial charge in [-0.05, 0) is 31.2 Å². The maximum Gasteiger partial charge on any atom is 0.270 e.